The van der Waals surface area contributed by atoms with E-state index in [1.807, 2.05) is 71.0 Å². The Morgan fingerprint density at radius 2 is 0.453 bits per heavy atom. The van der Waals surface area contributed by atoms with Gasteiger partial charge in [0.1, 0.15) is 42.7 Å². The fourth-order valence-corrected chi connectivity index (χ4v) is 25.9. The Morgan fingerprint density at radius 3 is 0.720 bits per heavy atom. The first-order valence-corrected chi connectivity index (χ1v) is 58.9. The van der Waals surface area contributed by atoms with Crippen molar-refractivity contribution in [3.8, 4) is 28.4 Å². The molecule has 8 aliphatic rings. The van der Waals surface area contributed by atoms with Crippen molar-refractivity contribution in [3.05, 3.63) is 323 Å². The molecule has 0 heterocycles. The second-order valence-corrected chi connectivity index (χ2v) is 46.1. The van der Waals surface area contributed by atoms with E-state index in [2.05, 4.69) is 260 Å². The predicted octanol–water partition coefficient (Wildman–Crippen LogP) is 35.8. The number of esters is 2. The molecule has 18 rings (SSSR count). The summed E-state index contributed by atoms with van der Waals surface area (Å²) >= 11 is 0. The van der Waals surface area contributed by atoms with Crippen molar-refractivity contribution in [1.29, 1.82) is 0 Å². The topological polar surface area (TPSA) is 126 Å². The summed E-state index contributed by atoms with van der Waals surface area (Å²) in [6, 6.07) is 72.9. The molecule has 0 bridgehead atoms. The van der Waals surface area contributed by atoms with Crippen LogP contribution in [0.5, 0.6) is 17.2 Å². The minimum absolute atomic E-state index is 0.0966. The zero-order chi connectivity index (χ0) is 106. The van der Waals surface area contributed by atoms with Crippen molar-refractivity contribution in [1.82, 2.24) is 0 Å². The van der Waals surface area contributed by atoms with E-state index in [9.17, 15) is 9.59 Å². The first-order chi connectivity index (χ1) is 72.6. The molecule has 0 aromatic heterocycles. The highest BCUT2D eigenvalue weighted by Crippen LogP contribution is 2.46. The molecule has 0 amide bonds. The van der Waals surface area contributed by atoms with Crippen molar-refractivity contribution in [2.24, 2.45) is 41.4 Å². The number of benzene rings is 10. The van der Waals surface area contributed by atoms with Crippen LogP contribution in [0.15, 0.2) is 206 Å². The molecule has 0 unspecified atom stereocenters. The molecule has 10 aromatic carbocycles. The van der Waals surface area contributed by atoms with E-state index in [0.717, 1.165) is 166 Å². The molecule has 150 heavy (non-hydrogen) atoms. The standard InChI is InChI=1S/C23H34O3.C23H36O2.2C23H30O2.C23H34O2.C23H24O/c1-4-25-21-9-5-18(6-10-21)19-7-11-22(12-8-19)26-23(24)20-14-16(2)13-17(3)15-20;3*1-4-24-22-9-5-20(6-10-22)21-7-11-23(12-8-21)25-16-19-14-17(2)13-18(3)15-19;1-4-18-5-7-19(8-6-18)20-9-11-22(12-10-20)25-23(24)21-14-16(2)13-17(3)15-21;1-4-19-5-7-21(8-6-19)22-9-11-23(12-10-22)24-16-20-14-17(2)13-18(3)15-20/h13-15,18-19,21-22H,4-12H2,1-3H3;13-15,20-23H,4-12,16H2,1-3H3;7-8,11-15,20,22H,4-6,9-10,16H2,1-3H3;5-6,9-10,13-15,21,23H,4,7-8,11-12,16H2,1-3H3;13-15,18-20,22H,4-12H2,1-3H3;5-15H,4,16H2,1-3H3. The van der Waals surface area contributed by atoms with Gasteiger partial charge in [-0.15, -0.1) is 0 Å². The van der Waals surface area contributed by atoms with E-state index in [4.69, 9.17) is 47.4 Å². The number of rotatable bonds is 32. The summed E-state index contributed by atoms with van der Waals surface area (Å²) in [5, 5.41) is 0. The summed E-state index contributed by atoms with van der Waals surface area (Å²) in [6.07, 6.45) is 44.9. The SMILES string of the molecule is CCC1CCC(C2CCC(OC(=O)c3cc(C)cc(C)c3)CC2)CC1.CCOC1CCC(C2CCC(OC(=O)c3cc(C)cc(C)c3)CC2)CC1.CCOC1CCC(C2CCC(OCc3cc(C)cc(C)c3)CC2)CC1.CCOC1CCC(c2ccc(OCc3cc(C)cc(C)c3)cc2)CC1.CCOc1ccc(C2CCC(OCc3cc(C)cc(C)c3)CC2)cc1.CCc1ccc(-c2ccc(OCc3cc(C)cc(C)c3)cc2)cc1. The fourth-order valence-electron chi connectivity index (χ4n) is 25.9. The molecule has 0 saturated heterocycles. The lowest BCUT2D eigenvalue weighted by Crippen LogP contribution is -2.31. The molecule has 0 aliphatic heterocycles. The molecule has 812 valence electrons. The molecular weight excluding hydrogens is 1850 g/mol. The third-order valence-corrected chi connectivity index (χ3v) is 33.6. The van der Waals surface area contributed by atoms with Gasteiger partial charge in [-0.1, -0.05) is 245 Å². The summed E-state index contributed by atoms with van der Waals surface area (Å²) < 4.78 is 58.9. The van der Waals surface area contributed by atoms with Crippen LogP contribution >= 0.6 is 0 Å². The second kappa shape index (κ2) is 61.4. The fraction of sp³-hybridized carbons (Fsp3) is 0.551. The average Bonchev–Trinajstić information content (AvgIpc) is 0.843. The summed E-state index contributed by atoms with van der Waals surface area (Å²) in [6.45, 7) is 44.1. The van der Waals surface area contributed by atoms with E-state index in [-0.39, 0.29) is 24.1 Å². The maximum atomic E-state index is 12.5. The highest BCUT2D eigenvalue weighted by atomic mass is 16.6. The molecule has 10 aromatic rings. The molecule has 8 saturated carbocycles. The first-order valence-electron chi connectivity index (χ1n) is 58.9. The van der Waals surface area contributed by atoms with Crippen LogP contribution in [0.25, 0.3) is 11.1 Å². The van der Waals surface area contributed by atoms with Crippen LogP contribution < -0.4 is 14.2 Å². The molecule has 8 fully saturated rings. The lowest BCUT2D eigenvalue weighted by molar-refractivity contribution is -0.0139. The van der Waals surface area contributed by atoms with Gasteiger partial charge in [0.2, 0.25) is 0 Å². The van der Waals surface area contributed by atoms with E-state index in [1.165, 1.54) is 268 Å². The number of aryl methyl sites for hydroxylation is 13. The van der Waals surface area contributed by atoms with Gasteiger partial charge in [0.25, 0.3) is 0 Å². The van der Waals surface area contributed by atoms with E-state index in [1.54, 1.807) is 0 Å². The summed E-state index contributed by atoms with van der Waals surface area (Å²) in [5.74, 6) is 10.2. The van der Waals surface area contributed by atoms with Crippen LogP contribution in [0.4, 0.5) is 0 Å². The van der Waals surface area contributed by atoms with Gasteiger partial charge in [0.15, 0.2) is 0 Å². The highest BCUT2D eigenvalue weighted by molar-refractivity contribution is 5.90. The predicted molar refractivity (Wildman–Crippen MR) is 619 cm³/mol. The molecule has 12 heteroatoms. The van der Waals surface area contributed by atoms with Gasteiger partial charge < -0.3 is 47.4 Å². The van der Waals surface area contributed by atoms with Crippen molar-refractivity contribution in [2.45, 2.75) is 424 Å². The number of hydrogen-bond donors (Lipinski definition) is 0. The second-order valence-electron chi connectivity index (χ2n) is 46.1. The van der Waals surface area contributed by atoms with Gasteiger partial charge in [0.05, 0.1) is 61.5 Å². The normalized spacial score (nSPS) is 23.7. The zero-order valence-corrected chi connectivity index (χ0v) is 95.5. The summed E-state index contributed by atoms with van der Waals surface area (Å²) in [7, 11) is 0. The maximum Gasteiger partial charge on any atom is 0.338 e. The highest BCUT2D eigenvalue weighted by Gasteiger charge is 2.37. The largest absolute Gasteiger partial charge is 0.494 e. The number of ether oxygens (including phenoxy) is 10. The van der Waals surface area contributed by atoms with Crippen molar-refractivity contribution in [2.75, 3.05) is 26.4 Å². The minimum Gasteiger partial charge on any atom is -0.494 e. The van der Waals surface area contributed by atoms with Gasteiger partial charge in [-0.25, -0.2) is 9.59 Å². The van der Waals surface area contributed by atoms with Crippen LogP contribution in [0.2, 0.25) is 0 Å². The van der Waals surface area contributed by atoms with E-state index < -0.39 is 0 Å². The van der Waals surface area contributed by atoms with E-state index >= 15 is 0 Å². The van der Waals surface area contributed by atoms with Crippen molar-refractivity contribution in [3.63, 3.8) is 0 Å². The molecule has 0 radical (unpaired) electrons. The number of carbonyl (C=O) groups excluding carboxylic acids is 2. The molecular formula is C138H188O12. The first kappa shape index (κ1) is 117. The van der Waals surface area contributed by atoms with Crippen LogP contribution in [-0.4, -0.2) is 81.1 Å². The van der Waals surface area contributed by atoms with Gasteiger partial charge >= 0.3 is 11.9 Å². The summed E-state index contributed by atoms with van der Waals surface area (Å²) in [4.78, 5) is 24.9. The van der Waals surface area contributed by atoms with Crippen LogP contribution in [0.1, 0.15) is 392 Å². The Morgan fingerprint density at radius 1 is 0.220 bits per heavy atom. The molecule has 12 nitrogen and oxygen atoms in total. The van der Waals surface area contributed by atoms with Crippen molar-refractivity contribution < 1.29 is 57.0 Å². The molecule has 0 atom stereocenters. The Labute approximate surface area is 906 Å². The monoisotopic (exact) mass is 2040 g/mol. The Balaban J connectivity index is 0.000000150. The molecule has 0 N–H and O–H groups in total. The van der Waals surface area contributed by atoms with Crippen LogP contribution in [0, 0.1) is 125 Å². The quantitative estimate of drug-likeness (QED) is 0.0373. The third-order valence-electron chi connectivity index (χ3n) is 33.6. The summed E-state index contributed by atoms with van der Waals surface area (Å²) in [5.41, 5.74) is 28.1. The Bertz CT molecular complexity index is 5490. The third kappa shape index (κ3) is 39.1. The number of carbonyl (C=O) groups is 2. The smallest absolute Gasteiger partial charge is 0.338 e. The van der Waals surface area contributed by atoms with Gasteiger partial charge in [0, 0.05) is 19.8 Å². The zero-order valence-electron chi connectivity index (χ0n) is 95.5. The molecule has 0 spiro atoms. The lowest BCUT2D eigenvalue weighted by Gasteiger charge is -2.37. The van der Waals surface area contributed by atoms with Gasteiger partial charge in [-0.2, -0.15) is 0 Å². The van der Waals surface area contributed by atoms with Crippen LogP contribution in [-0.2, 0) is 66.0 Å². The van der Waals surface area contributed by atoms with Crippen molar-refractivity contribution >= 4 is 11.9 Å². The lowest BCUT2D eigenvalue weighted by atomic mass is 9.70. The van der Waals surface area contributed by atoms with Crippen LogP contribution in [0.3, 0.4) is 0 Å². The van der Waals surface area contributed by atoms with Gasteiger partial charge in [-0.3, -0.25) is 0 Å². The molecule has 8 aliphatic carbocycles. The van der Waals surface area contributed by atoms with Gasteiger partial charge in [-0.05, 0) is 474 Å². The average molecular weight is 2040 g/mol. The maximum absolute atomic E-state index is 12.5. The van der Waals surface area contributed by atoms with E-state index in [0.29, 0.717) is 66.7 Å². The Hall–Kier alpha value is -9.66. The minimum atomic E-state index is -0.155. The Kier molecular flexibility index (Phi) is 48.1. The number of hydrogen-bond acceptors (Lipinski definition) is 12.